The third-order valence-electron chi connectivity index (χ3n) is 3.60. The van der Waals surface area contributed by atoms with Crippen LogP contribution in [0.15, 0.2) is 48.5 Å². The fourth-order valence-corrected chi connectivity index (χ4v) is 2.46. The molecule has 0 spiro atoms. The first kappa shape index (κ1) is 15.0. The molecule has 0 aliphatic rings. The van der Waals surface area contributed by atoms with E-state index in [0.717, 1.165) is 12.0 Å². The lowest BCUT2D eigenvalue weighted by molar-refractivity contribution is 0.0692. The Kier molecular flexibility index (Phi) is 4.53. The molecule has 1 atom stereocenters. The van der Waals surface area contributed by atoms with Crippen molar-refractivity contribution in [2.75, 3.05) is 0 Å². The number of carboxylic acids is 1. The van der Waals surface area contributed by atoms with Crippen LogP contribution in [0.1, 0.15) is 51.6 Å². The molecular formula is C18H18O3. The van der Waals surface area contributed by atoms with Crippen LogP contribution in [-0.2, 0) is 6.42 Å². The van der Waals surface area contributed by atoms with E-state index in [1.54, 1.807) is 12.1 Å². The average molecular weight is 282 g/mol. The first-order chi connectivity index (χ1) is 9.99. The molecule has 3 nitrogen and oxygen atoms in total. The number of Topliss-reactive ketones (excluding diaryl/α,β-unsaturated/α-hetero) is 1. The molecule has 2 aromatic rings. The lowest BCUT2D eigenvalue weighted by Crippen LogP contribution is -2.08. The summed E-state index contributed by atoms with van der Waals surface area (Å²) < 4.78 is 0. The van der Waals surface area contributed by atoms with Crippen LogP contribution >= 0.6 is 0 Å². The molecule has 2 rings (SSSR count). The number of hydrogen-bond acceptors (Lipinski definition) is 2. The summed E-state index contributed by atoms with van der Waals surface area (Å²) in [5, 5.41) is 9.24. The van der Waals surface area contributed by atoms with Gasteiger partial charge in [-0.25, -0.2) is 4.79 Å². The van der Waals surface area contributed by atoms with Gasteiger partial charge >= 0.3 is 5.97 Å². The zero-order valence-electron chi connectivity index (χ0n) is 12.2. The zero-order chi connectivity index (χ0) is 15.4. The van der Waals surface area contributed by atoms with Gasteiger partial charge in [-0.3, -0.25) is 4.79 Å². The fraction of sp³-hybridized carbons (Fsp3) is 0.222. The minimum absolute atomic E-state index is 0.0836. The molecule has 0 bridgehead atoms. The predicted octanol–water partition coefficient (Wildman–Crippen LogP) is 3.93. The van der Waals surface area contributed by atoms with Gasteiger partial charge in [-0.2, -0.15) is 0 Å². The SMILES string of the molecule is CC(=O)c1ccc(C[C@@H](C)c2ccccc2)cc1C(=O)O. The topological polar surface area (TPSA) is 54.4 Å². The van der Waals surface area contributed by atoms with Gasteiger partial charge in [0, 0.05) is 5.56 Å². The summed E-state index contributed by atoms with van der Waals surface area (Å²) in [5.41, 5.74) is 2.48. The Morgan fingerprint density at radius 3 is 2.29 bits per heavy atom. The highest BCUT2D eigenvalue weighted by molar-refractivity contribution is 6.04. The van der Waals surface area contributed by atoms with Crippen LogP contribution in [-0.4, -0.2) is 16.9 Å². The van der Waals surface area contributed by atoms with Crippen molar-refractivity contribution in [2.45, 2.75) is 26.2 Å². The van der Waals surface area contributed by atoms with Crippen molar-refractivity contribution in [2.24, 2.45) is 0 Å². The summed E-state index contributed by atoms with van der Waals surface area (Å²) in [6.45, 7) is 3.49. The van der Waals surface area contributed by atoms with Crippen molar-refractivity contribution in [1.29, 1.82) is 0 Å². The highest BCUT2D eigenvalue weighted by Crippen LogP contribution is 2.22. The van der Waals surface area contributed by atoms with Gasteiger partial charge < -0.3 is 5.11 Å². The van der Waals surface area contributed by atoms with Gasteiger partial charge in [-0.1, -0.05) is 49.4 Å². The minimum atomic E-state index is -1.06. The molecule has 0 amide bonds. The lowest BCUT2D eigenvalue weighted by Gasteiger charge is -2.13. The quantitative estimate of drug-likeness (QED) is 0.845. The number of ketones is 1. The molecule has 0 heterocycles. The highest BCUT2D eigenvalue weighted by atomic mass is 16.4. The first-order valence-corrected chi connectivity index (χ1v) is 6.91. The number of rotatable bonds is 5. The summed E-state index contributed by atoms with van der Waals surface area (Å²) in [6.07, 6.45) is 0.739. The predicted molar refractivity (Wildman–Crippen MR) is 82.0 cm³/mol. The molecule has 21 heavy (non-hydrogen) atoms. The summed E-state index contributed by atoms with van der Waals surface area (Å²) >= 11 is 0. The Labute approximate surface area is 124 Å². The number of aromatic carboxylic acids is 1. The van der Waals surface area contributed by atoms with Crippen molar-refractivity contribution < 1.29 is 14.7 Å². The van der Waals surface area contributed by atoms with E-state index < -0.39 is 5.97 Å². The van der Waals surface area contributed by atoms with Crippen LogP contribution in [0.25, 0.3) is 0 Å². The molecule has 0 aromatic heterocycles. The van der Waals surface area contributed by atoms with Gasteiger partial charge in [0.05, 0.1) is 5.56 Å². The maximum atomic E-state index is 11.5. The smallest absolute Gasteiger partial charge is 0.336 e. The minimum Gasteiger partial charge on any atom is -0.478 e. The Hall–Kier alpha value is -2.42. The van der Waals surface area contributed by atoms with Gasteiger partial charge in [0.1, 0.15) is 0 Å². The van der Waals surface area contributed by atoms with Crippen LogP contribution < -0.4 is 0 Å². The second-order valence-corrected chi connectivity index (χ2v) is 5.26. The van der Waals surface area contributed by atoms with Gasteiger partial charge in [-0.15, -0.1) is 0 Å². The lowest BCUT2D eigenvalue weighted by atomic mass is 9.91. The van der Waals surface area contributed by atoms with Crippen LogP contribution in [0.4, 0.5) is 0 Å². The molecule has 2 aromatic carbocycles. The van der Waals surface area contributed by atoms with Crippen molar-refractivity contribution in [3.05, 3.63) is 70.8 Å². The normalized spacial score (nSPS) is 11.9. The summed E-state index contributed by atoms with van der Waals surface area (Å²) in [7, 11) is 0. The third-order valence-corrected chi connectivity index (χ3v) is 3.60. The van der Waals surface area contributed by atoms with E-state index in [2.05, 4.69) is 19.1 Å². The van der Waals surface area contributed by atoms with Crippen LogP contribution in [0.3, 0.4) is 0 Å². The molecule has 0 aliphatic carbocycles. The van der Waals surface area contributed by atoms with Gasteiger partial charge in [0.2, 0.25) is 0 Å². The summed E-state index contributed by atoms with van der Waals surface area (Å²) in [6, 6.07) is 15.1. The molecule has 0 aliphatic heterocycles. The maximum Gasteiger partial charge on any atom is 0.336 e. The van der Waals surface area contributed by atoms with Crippen LogP contribution in [0, 0.1) is 0 Å². The standard InChI is InChI=1S/C18H18O3/c1-12(15-6-4-3-5-7-15)10-14-8-9-16(13(2)19)17(11-14)18(20)21/h3-9,11-12H,10H2,1-2H3,(H,20,21)/t12-/m1/s1. The molecule has 0 unspecified atom stereocenters. The number of hydrogen-bond donors (Lipinski definition) is 1. The molecule has 108 valence electrons. The van der Waals surface area contributed by atoms with Crippen LogP contribution in [0.5, 0.6) is 0 Å². The van der Waals surface area contributed by atoms with E-state index in [1.165, 1.54) is 12.5 Å². The number of carboxylic acid groups (broad SMARTS) is 1. The third kappa shape index (κ3) is 3.57. The molecular weight excluding hydrogens is 264 g/mol. The van der Waals surface area contributed by atoms with E-state index in [9.17, 15) is 14.7 Å². The monoisotopic (exact) mass is 282 g/mol. The van der Waals surface area contributed by atoms with E-state index in [-0.39, 0.29) is 22.8 Å². The Morgan fingerprint density at radius 1 is 1.05 bits per heavy atom. The summed E-state index contributed by atoms with van der Waals surface area (Å²) in [4.78, 5) is 22.7. The van der Waals surface area contributed by atoms with Crippen molar-refractivity contribution >= 4 is 11.8 Å². The summed E-state index contributed by atoms with van der Waals surface area (Å²) in [5.74, 6) is -1.000. The number of carbonyl (C=O) groups is 2. The fourth-order valence-electron chi connectivity index (χ4n) is 2.46. The van der Waals surface area contributed by atoms with E-state index in [0.29, 0.717) is 0 Å². The molecule has 0 saturated heterocycles. The second kappa shape index (κ2) is 6.35. The first-order valence-electron chi connectivity index (χ1n) is 6.91. The molecule has 0 saturated carbocycles. The zero-order valence-corrected chi connectivity index (χ0v) is 12.2. The molecule has 0 radical (unpaired) electrons. The molecule has 0 fully saturated rings. The molecule has 3 heteroatoms. The maximum absolute atomic E-state index is 11.5. The van der Waals surface area contributed by atoms with Gasteiger partial charge in [0.25, 0.3) is 0 Å². The van der Waals surface area contributed by atoms with Crippen molar-refractivity contribution in [1.82, 2.24) is 0 Å². The number of benzene rings is 2. The molecule has 1 N–H and O–H groups in total. The second-order valence-electron chi connectivity index (χ2n) is 5.26. The van der Waals surface area contributed by atoms with Gasteiger partial charge in [0.15, 0.2) is 5.78 Å². The van der Waals surface area contributed by atoms with E-state index in [1.807, 2.05) is 24.3 Å². The Morgan fingerprint density at radius 2 is 1.71 bits per heavy atom. The van der Waals surface area contributed by atoms with Gasteiger partial charge in [-0.05, 0) is 36.5 Å². The average Bonchev–Trinajstić information content (AvgIpc) is 2.47. The largest absolute Gasteiger partial charge is 0.478 e. The Balaban J connectivity index is 2.27. The Bertz CT molecular complexity index is 659. The van der Waals surface area contributed by atoms with Crippen molar-refractivity contribution in [3.8, 4) is 0 Å². The van der Waals surface area contributed by atoms with E-state index in [4.69, 9.17) is 0 Å². The number of carbonyl (C=O) groups excluding carboxylic acids is 1. The highest BCUT2D eigenvalue weighted by Gasteiger charge is 2.15. The van der Waals surface area contributed by atoms with Crippen molar-refractivity contribution in [3.63, 3.8) is 0 Å². The van der Waals surface area contributed by atoms with Crippen LogP contribution in [0.2, 0.25) is 0 Å². The van der Waals surface area contributed by atoms with E-state index >= 15 is 0 Å².